The van der Waals surface area contributed by atoms with Gasteiger partial charge in [0.2, 0.25) is 0 Å². The molecule has 0 N–H and O–H groups in total. The lowest BCUT2D eigenvalue weighted by atomic mass is 9.89. The van der Waals surface area contributed by atoms with Gasteiger partial charge < -0.3 is 0 Å². The number of carbonyl (C=O) groups is 1. The van der Waals surface area contributed by atoms with E-state index < -0.39 is 17.7 Å². The van der Waals surface area contributed by atoms with Gasteiger partial charge in [-0.1, -0.05) is 11.6 Å². The molecule has 0 aliphatic heterocycles. The van der Waals surface area contributed by atoms with E-state index in [2.05, 4.69) is 10.3 Å². The molecule has 0 saturated heterocycles. The van der Waals surface area contributed by atoms with E-state index in [9.17, 15) is 18.0 Å². The molecule has 2 saturated carbocycles. The molecule has 2 aliphatic carbocycles. The van der Waals surface area contributed by atoms with Gasteiger partial charge in [-0.15, -0.1) is 5.10 Å². The van der Waals surface area contributed by atoms with E-state index in [1.54, 1.807) is 0 Å². The fraction of sp³-hybridized carbons (Fsp3) is 0.750. The van der Waals surface area contributed by atoms with Crippen molar-refractivity contribution in [3.8, 4) is 0 Å². The van der Waals surface area contributed by atoms with Crippen LogP contribution in [-0.4, -0.2) is 27.0 Å². The average Bonchev–Trinajstić information content (AvgIpc) is 3.02. The summed E-state index contributed by atoms with van der Waals surface area (Å²) in [5, 5.41) is 6.97. The topological polar surface area (TPSA) is 47.8 Å². The van der Waals surface area contributed by atoms with E-state index in [4.69, 9.17) is 0 Å². The average molecular weight is 273 g/mol. The summed E-state index contributed by atoms with van der Waals surface area (Å²) in [6.45, 7) is 0.569. The second-order valence-corrected chi connectivity index (χ2v) is 5.59. The van der Waals surface area contributed by atoms with E-state index in [0.717, 1.165) is 18.5 Å². The summed E-state index contributed by atoms with van der Waals surface area (Å²) < 4.78 is 38.1. The lowest BCUT2D eigenvalue weighted by Gasteiger charge is -2.20. The van der Waals surface area contributed by atoms with Crippen molar-refractivity contribution in [1.29, 1.82) is 0 Å². The Hall–Kier alpha value is -1.40. The van der Waals surface area contributed by atoms with Crippen molar-refractivity contribution in [3.63, 3.8) is 0 Å². The monoisotopic (exact) mass is 273 g/mol. The van der Waals surface area contributed by atoms with E-state index in [-0.39, 0.29) is 0 Å². The molecule has 0 aromatic carbocycles. The number of nitrogens with zero attached hydrogens (tertiary/aromatic N) is 3. The van der Waals surface area contributed by atoms with Crippen molar-refractivity contribution in [1.82, 2.24) is 15.0 Å². The van der Waals surface area contributed by atoms with Crippen LogP contribution in [0.5, 0.6) is 0 Å². The molecule has 3 unspecified atom stereocenters. The van der Waals surface area contributed by atoms with Gasteiger partial charge in [-0.3, -0.25) is 9.48 Å². The van der Waals surface area contributed by atoms with Crippen LogP contribution in [0.15, 0.2) is 6.20 Å². The van der Waals surface area contributed by atoms with Gasteiger partial charge in [0.25, 0.3) is 5.78 Å². The van der Waals surface area contributed by atoms with Gasteiger partial charge in [-0.05, 0) is 37.0 Å². The smallest absolute Gasteiger partial charge is 0.282 e. The van der Waals surface area contributed by atoms with Gasteiger partial charge in [-0.25, -0.2) is 0 Å². The molecule has 0 amide bonds. The molecule has 0 radical (unpaired) electrons. The minimum absolute atomic E-state index is 0.467. The number of alkyl halides is 3. The molecule has 1 aromatic rings. The third-order valence-corrected chi connectivity index (χ3v) is 4.33. The summed E-state index contributed by atoms with van der Waals surface area (Å²) in [5.74, 6) is -0.0215. The normalized spacial score (nSPS) is 29.9. The molecule has 3 rings (SSSR count). The zero-order valence-electron chi connectivity index (χ0n) is 10.2. The number of carbonyl (C=O) groups excluding carboxylic acids is 1. The Morgan fingerprint density at radius 3 is 2.74 bits per heavy atom. The Bertz CT molecular complexity index is 497. The molecule has 3 atom stereocenters. The summed E-state index contributed by atoms with van der Waals surface area (Å²) in [6.07, 6.45) is 1.06. The molecule has 7 heteroatoms. The number of halogens is 3. The van der Waals surface area contributed by atoms with Crippen LogP contribution in [0.4, 0.5) is 13.2 Å². The van der Waals surface area contributed by atoms with Gasteiger partial charge in [-0.2, -0.15) is 13.2 Å². The van der Waals surface area contributed by atoms with Crippen LogP contribution in [0.25, 0.3) is 0 Å². The number of hydrogen-bond acceptors (Lipinski definition) is 3. The number of fused-ring (bicyclic) bond motifs is 2. The molecule has 2 bridgehead atoms. The number of Topliss-reactive ketones (excluding diaryl/α,β-unsaturated/α-hetero) is 1. The standard InChI is InChI=1S/C12H14F3N3O/c13-12(14,15)11(19)10-6-18(17-16-10)5-9-4-7-1-2-8(9)3-7/h6-9H,1-5H2. The molecule has 2 fully saturated rings. The van der Waals surface area contributed by atoms with Crippen LogP contribution >= 0.6 is 0 Å². The molecule has 104 valence electrons. The van der Waals surface area contributed by atoms with Crippen LogP contribution in [0.1, 0.15) is 36.2 Å². The molecule has 1 aromatic heterocycles. The fourth-order valence-electron chi connectivity index (χ4n) is 3.48. The SMILES string of the molecule is O=C(c1cn(CC2CC3CCC2C3)nn1)C(F)(F)F. The Kier molecular flexibility index (Phi) is 2.87. The highest BCUT2D eigenvalue weighted by molar-refractivity contribution is 5.98. The fourth-order valence-corrected chi connectivity index (χ4v) is 3.48. The van der Waals surface area contributed by atoms with Gasteiger partial charge in [0, 0.05) is 6.54 Å². The molecular formula is C12H14F3N3O. The Labute approximate surface area is 108 Å². The van der Waals surface area contributed by atoms with E-state index >= 15 is 0 Å². The van der Waals surface area contributed by atoms with Crippen LogP contribution in [0.2, 0.25) is 0 Å². The maximum Gasteiger partial charge on any atom is 0.456 e. The Balaban J connectivity index is 1.67. The molecular weight excluding hydrogens is 259 g/mol. The number of aromatic nitrogens is 3. The van der Waals surface area contributed by atoms with E-state index in [1.165, 1.54) is 23.9 Å². The lowest BCUT2D eigenvalue weighted by molar-refractivity contribution is -0.0888. The highest BCUT2D eigenvalue weighted by atomic mass is 19.4. The third-order valence-electron chi connectivity index (χ3n) is 4.33. The number of rotatable bonds is 3. The van der Waals surface area contributed by atoms with Crippen molar-refractivity contribution < 1.29 is 18.0 Å². The molecule has 19 heavy (non-hydrogen) atoms. The first-order valence-corrected chi connectivity index (χ1v) is 6.45. The second kappa shape index (κ2) is 4.31. The molecule has 4 nitrogen and oxygen atoms in total. The minimum atomic E-state index is -4.88. The zero-order valence-corrected chi connectivity index (χ0v) is 10.2. The van der Waals surface area contributed by atoms with Gasteiger partial charge in [0.1, 0.15) is 0 Å². The largest absolute Gasteiger partial charge is 0.456 e. The van der Waals surface area contributed by atoms with E-state index in [1.807, 2.05) is 0 Å². The Morgan fingerprint density at radius 1 is 1.37 bits per heavy atom. The first-order valence-electron chi connectivity index (χ1n) is 6.45. The van der Waals surface area contributed by atoms with Crippen molar-refractivity contribution in [3.05, 3.63) is 11.9 Å². The van der Waals surface area contributed by atoms with Crippen LogP contribution in [0.3, 0.4) is 0 Å². The highest BCUT2D eigenvalue weighted by Gasteiger charge is 2.42. The summed E-state index contributed by atoms with van der Waals surface area (Å²) in [6, 6.07) is 0. The summed E-state index contributed by atoms with van der Waals surface area (Å²) in [7, 11) is 0. The molecule has 1 heterocycles. The summed E-state index contributed by atoms with van der Waals surface area (Å²) >= 11 is 0. The van der Waals surface area contributed by atoms with Crippen LogP contribution in [-0.2, 0) is 6.54 Å². The van der Waals surface area contributed by atoms with Crippen molar-refractivity contribution in [2.24, 2.45) is 17.8 Å². The number of hydrogen-bond donors (Lipinski definition) is 0. The maximum atomic E-state index is 12.2. The van der Waals surface area contributed by atoms with E-state index in [0.29, 0.717) is 18.4 Å². The van der Waals surface area contributed by atoms with Crippen molar-refractivity contribution >= 4 is 5.78 Å². The van der Waals surface area contributed by atoms with Crippen molar-refractivity contribution in [2.45, 2.75) is 38.4 Å². The van der Waals surface area contributed by atoms with Crippen LogP contribution < -0.4 is 0 Å². The van der Waals surface area contributed by atoms with Gasteiger partial charge in [0.15, 0.2) is 5.69 Å². The predicted molar refractivity (Wildman–Crippen MR) is 59.3 cm³/mol. The summed E-state index contributed by atoms with van der Waals surface area (Å²) in [4.78, 5) is 11.0. The first kappa shape index (κ1) is 12.6. The quantitative estimate of drug-likeness (QED) is 0.795. The van der Waals surface area contributed by atoms with Crippen LogP contribution in [0, 0.1) is 17.8 Å². The molecule has 2 aliphatic rings. The Morgan fingerprint density at radius 2 is 2.16 bits per heavy atom. The maximum absolute atomic E-state index is 12.2. The second-order valence-electron chi connectivity index (χ2n) is 5.59. The predicted octanol–water partition coefficient (Wildman–Crippen LogP) is 2.46. The lowest BCUT2D eigenvalue weighted by Crippen LogP contribution is -2.23. The van der Waals surface area contributed by atoms with Gasteiger partial charge in [0.05, 0.1) is 6.20 Å². The number of ketones is 1. The third kappa shape index (κ3) is 2.37. The minimum Gasteiger partial charge on any atom is -0.282 e. The van der Waals surface area contributed by atoms with Crippen molar-refractivity contribution in [2.75, 3.05) is 0 Å². The summed E-state index contributed by atoms with van der Waals surface area (Å²) in [5.41, 5.74) is -0.615. The van der Waals surface area contributed by atoms with Gasteiger partial charge >= 0.3 is 6.18 Å². The molecule has 0 spiro atoms. The zero-order chi connectivity index (χ0) is 13.6. The first-order chi connectivity index (χ1) is 8.93. The highest BCUT2D eigenvalue weighted by Crippen LogP contribution is 2.48.